The lowest BCUT2D eigenvalue weighted by Crippen LogP contribution is -2.19. The van der Waals surface area contributed by atoms with Crippen LogP contribution in [0.4, 0.5) is 0 Å². The number of aryl methyl sites for hydroxylation is 1. The Balaban J connectivity index is 1.49. The van der Waals surface area contributed by atoms with Crippen LogP contribution in [0.2, 0.25) is 0 Å². The minimum atomic E-state index is 0.936. The van der Waals surface area contributed by atoms with Crippen molar-refractivity contribution in [1.29, 1.82) is 0 Å². The third-order valence-corrected chi connectivity index (χ3v) is 3.12. The van der Waals surface area contributed by atoms with Gasteiger partial charge in [0.15, 0.2) is 0 Å². The van der Waals surface area contributed by atoms with Gasteiger partial charge in [0, 0.05) is 12.7 Å². The van der Waals surface area contributed by atoms with Gasteiger partial charge in [0.25, 0.3) is 0 Å². The van der Waals surface area contributed by atoms with E-state index in [0.717, 1.165) is 32.5 Å². The van der Waals surface area contributed by atoms with Gasteiger partial charge >= 0.3 is 0 Å². The Morgan fingerprint density at radius 1 is 1.38 bits per heavy atom. The monoisotopic (exact) mass is 236 g/mol. The van der Waals surface area contributed by atoms with Crippen molar-refractivity contribution in [3.8, 4) is 0 Å². The van der Waals surface area contributed by atoms with Crippen molar-refractivity contribution in [2.45, 2.75) is 19.4 Å². The summed E-state index contributed by atoms with van der Waals surface area (Å²) in [6, 6.07) is 2.18. The molecule has 16 heavy (non-hydrogen) atoms. The van der Waals surface area contributed by atoms with Gasteiger partial charge in [-0.15, -0.1) is 5.10 Å². The van der Waals surface area contributed by atoms with E-state index >= 15 is 0 Å². The Hall–Kier alpha value is -1.20. The molecule has 2 aromatic heterocycles. The predicted octanol–water partition coefficient (Wildman–Crippen LogP) is 1.56. The van der Waals surface area contributed by atoms with Crippen LogP contribution in [-0.4, -0.2) is 28.1 Å². The highest BCUT2D eigenvalue weighted by Crippen LogP contribution is 2.05. The summed E-state index contributed by atoms with van der Waals surface area (Å²) in [5.74, 6) is 0. The van der Waals surface area contributed by atoms with Crippen molar-refractivity contribution < 1.29 is 0 Å². The highest BCUT2D eigenvalue weighted by atomic mass is 32.1. The first-order valence-corrected chi connectivity index (χ1v) is 6.45. The second-order valence-electron chi connectivity index (χ2n) is 3.65. The topological polar surface area (TPSA) is 42.7 Å². The molecule has 0 aliphatic rings. The number of nitrogens with zero attached hydrogens (tertiary/aromatic N) is 3. The summed E-state index contributed by atoms with van der Waals surface area (Å²) in [4.78, 5) is 0. The van der Waals surface area contributed by atoms with Crippen molar-refractivity contribution >= 4 is 11.3 Å². The van der Waals surface area contributed by atoms with Crippen molar-refractivity contribution in [3.63, 3.8) is 0 Å². The van der Waals surface area contributed by atoms with E-state index in [0.29, 0.717) is 0 Å². The molecule has 0 saturated heterocycles. The highest BCUT2D eigenvalue weighted by molar-refractivity contribution is 7.07. The maximum Gasteiger partial charge on any atom is 0.0692 e. The average Bonchev–Trinajstić information content (AvgIpc) is 2.96. The van der Waals surface area contributed by atoms with Gasteiger partial charge in [0.05, 0.1) is 6.20 Å². The van der Waals surface area contributed by atoms with Crippen LogP contribution in [0.15, 0.2) is 29.2 Å². The molecule has 0 saturated carbocycles. The van der Waals surface area contributed by atoms with Gasteiger partial charge in [-0.1, -0.05) is 5.21 Å². The Kier molecular flexibility index (Phi) is 4.51. The Morgan fingerprint density at radius 3 is 3.12 bits per heavy atom. The number of thiophene rings is 1. The third kappa shape index (κ3) is 3.75. The van der Waals surface area contributed by atoms with Crippen LogP contribution < -0.4 is 5.32 Å². The molecule has 0 aromatic carbocycles. The lowest BCUT2D eigenvalue weighted by Gasteiger charge is -2.03. The van der Waals surface area contributed by atoms with Crippen LogP contribution in [0.5, 0.6) is 0 Å². The van der Waals surface area contributed by atoms with Crippen LogP contribution in [0.1, 0.15) is 12.0 Å². The second-order valence-corrected chi connectivity index (χ2v) is 4.43. The van der Waals surface area contributed by atoms with Crippen molar-refractivity contribution in [2.75, 3.05) is 13.1 Å². The van der Waals surface area contributed by atoms with Crippen LogP contribution in [0.3, 0.4) is 0 Å². The van der Waals surface area contributed by atoms with E-state index in [1.165, 1.54) is 5.56 Å². The van der Waals surface area contributed by atoms with Crippen LogP contribution in [0.25, 0.3) is 0 Å². The van der Waals surface area contributed by atoms with Gasteiger partial charge in [-0.05, 0) is 48.3 Å². The molecule has 0 aliphatic carbocycles. The summed E-state index contributed by atoms with van der Waals surface area (Å²) < 4.78 is 1.86. The quantitative estimate of drug-likeness (QED) is 0.742. The minimum Gasteiger partial charge on any atom is -0.316 e. The van der Waals surface area contributed by atoms with Crippen molar-refractivity contribution in [2.24, 2.45) is 0 Å². The van der Waals surface area contributed by atoms with Crippen LogP contribution >= 0.6 is 11.3 Å². The lowest BCUT2D eigenvalue weighted by molar-refractivity contribution is 0.531. The minimum absolute atomic E-state index is 0.936. The number of hydrogen-bond acceptors (Lipinski definition) is 4. The first kappa shape index (κ1) is 11.3. The molecular weight excluding hydrogens is 220 g/mol. The highest BCUT2D eigenvalue weighted by Gasteiger charge is 1.94. The van der Waals surface area contributed by atoms with Crippen molar-refractivity contribution in [3.05, 3.63) is 34.8 Å². The van der Waals surface area contributed by atoms with Gasteiger partial charge in [0.1, 0.15) is 0 Å². The molecule has 0 bridgehead atoms. The summed E-state index contributed by atoms with van der Waals surface area (Å²) in [7, 11) is 0. The summed E-state index contributed by atoms with van der Waals surface area (Å²) in [6.45, 7) is 3.02. The van der Waals surface area contributed by atoms with Crippen LogP contribution in [0, 0.1) is 0 Å². The zero-order chi connectivity index (χ0) is 11.1. The molecule has 2 rings (SSSR count). The summed E-state index contributed by atoms with van der Waals surface area (Å²) in [5.41, 5.74) is 1.42. The molecule has 0 fully saturated rings. The maximum atomic E-state index is 3.91. The predicted molar refractivity (Wildman–Crippen MR) is 65.5 cm³/mol. The van der Waals surface area contributed by atoms with E-state index in [1.54, 1.807) is 17.5 Å². The fraction of sp³-hybridized carbons (Fsp3) is 0.455. The van der Waals surface area contributed by atoms with Crippen LogP contribution in [-0.2, 0) is 13.0 Å². The van der Waals surface area contributed by atoms with Gasteiger partial charge in [-0.3, -0.25) is 4.68 Å². The summed E-state index contributed by atoms with van der Waals surface area (Å²) >= 11 is 1.76. The Labute approximate surface area is 99.3 Å². The number of aromatic nitrogens is 3. The number of rotatable bonds is 7. The number of nitrogens with one attached hydrogen (secondary N) is 1. The van der Waals surface area contributed by atoms with Gasteiger partial charge in [0.2, 0.25) is 0 Å². The molecule has 2 aromatic rings. The van der Waals surface area contributed by atoms with E-state index in [-0.39, 0.29) is 0 Å². The lowest BCUT2D eigenvalue weighted by atomic mass is 10.2. The fourth-order valence-electron chi connectivity index (χ4n) is 1.51. The normalized spacial score (nSPS) is 10.8. The molecule has 1 N–H and O–H groups in total. The Morgan fingerprint density at radius 2 is 2.38 bits per heavy atom. The standard InChI is InChI=1S/C11H16N4S/c1(7-15-8-6-13-14-15)4-12-5-2-11-3-9-16-10-11/h3,6,8-10,12H,1-2,4-5,7H2. The third-order valence-electron chi connectivity index (χ3n) is 2.38. The molecule has 2 heterocycles. The van der Waals surface area contributed by atoms with Gasteiger partial charge in [-0.2, -0.15) is 11.3 Å². The molecule has 86 valence electrons. The molecule has 5 heteroatoms. The van der Waals surface area contributed by atoms with E-state index in [4.69, 9.17) is 0 Å². The van der Waals surface area contributed by atoms with E-state index in [9.17, 15) is 0 Å². The molecule has 4 nitrogen and oxygen atoms in total. The van der Waals surface area contributed by atoms with E-state index in [2.05, 4.69) is 32.5 Å². The van der Waals surface area contributed by atoms with E-state index < -0.39 is 0 Å². The number of hydrogen-bond donors (Lipinski definition) is 1. The van der Waals surface area contributed by atoms with Gasteiger partial charge in [-0.25, -0.2) is 0 Å². The largest absolute Gasteiger partial charge is 0.316 e. The molecule has 0 unspecified atom stereocenters. The van der Waals surface area contributed by atoms with Crippen molar-refractivity contribution in [1.82, 2.24) is 20.3 Å². The smallest absolute Gasteiger partial charge is 0.0692 e. The average molecular weight is 236 g/mol. The zero-order valence-electron chi connectivity index (χ0n) is 9.17. The first-order chi connectivity index (χ1) is 7.95. The molecule has 0 aliphatic heterocycles. The molecule has 0 amide bonds. The zero-order valence-corrected chi connectivity index (χ0v) is 9.99. The van der Waals surface area contributed by atoms with Gasteiger partial charge < -0.3 is 5.32 Å². The molecule has 0 radical (unpaired) electrons. The summed E-state index contributed by atoms with van der Waals surface area (Å²) in [5, 5.41) is 15.4. The SMILES string of the molecule is c1cn(CCCNCCc2ccsc2)nn1. The molecular formula is C11H16N4S. The first-order valence-electron chi connectivity index (χ1n) is 5.51. The molecule has 0 atom stereocenters. The summed E-state index contributed by atoms with van der Waals surface area (Å²) in [6.07, 6.45) is 5.81. The Bertz CT molecular complexity index is 330. The molecule has 0 spiro atoms. The van der Waals surface area contributed by atoms with E-state index in [1.807, 2.05) is 10.9 Å². The maximum absolute atomic E-state index is 3.91. The second kappa shape index (κ2) is 6.40. The fourth-order valence-corrected chi connectivity index (χ4v) is 2.21.